The number of nitrogens with one attached hydrogen (secondary N) is 1. The van der Waals surface area contributed by atoms with E-state index in [4.69, 9.17) is 9.26 Å². The summed E-state index contributed by atoms with van der Waals surface area (Å²) in [6.07, 6.45) is 1.64. The topological polar surface area (TPSA) is 73.1 Å². The van der Waals surface area contributed by atoms with E-state index in [9.17, 15) is 0 Å². The van der Waals surface area contributed by atoms with Gasteiger partial charge in [0.05, 0.1) is 19.9 Å². The van der Waals surface area contributed by atoms with Crippen LogP contribution in [0.25, 0.3) is 0 Å². The summed E-state index contributed by atoms with van der Waals surface area (Å²) in [6.45, 7) is 2.23. The molecule has 2 heterocycles. The average molecular weight is 220 g/mol. The minimum atomic E-state index is 0.483. The Hall–Kier alpha value is -2.11. The molecule has 84 valence electrons. The number of ether oxygens (including phenoxy) is 1. The van der Waals surface area contributed by atoms with Gasteiger partial charge in [-0.25, -0.2) is 4.98 Å². The van der Waals surface area contributed by atoms with Crippen LogP contribution in [0, 0.1) is 6.92 Å². The Labute approximate surface area is 92.7 Å². The van der Waals surface area contributed by atoms with Crippen LogP contribution in [0.4, 0.5) is 5.82 Å². The normalized spacial score (nSPS) is 10.1. The first-order valence-corrected chi connectivity index (χ1v) is 4.81. The third-order valence-electron chi connectivity index (χ3n) is 1.97. The van der Waals surface area contributed by atoms with Crippen LogP contribution in [-0.4, -0.2) is 22.2 Å². The molecule has 0 bridgehead atoms. The van der Waals surface area contributed by atoms with E-state index in [1.807, 2.05) is 12.1 Å². The highest BCUT2D eigenvalue weighted by Gasteiger charge is 2.02. The van der Waals surface area contributed by atoms with Crippen molar-refractivity contribution in [2.45, 2.75) is 13.5 Å². The van der Waals surface area contributed by atoms with Crippen molar-refractivity contribution >= 4 is 5.82 Å². The van der Waals surface area contributed by atoms with Gasteiger partial charge in [-0.2, -0.15) is 4.98 Å². The minimum absolute atomic E-state index is 0.483. The molecular formula is C10H12N4O2. The lowest BCUT2D eigenvalue weighted by atomic mass is 10.4. The second-order valence-corrected chi connectivity index (χ2v) is 3.17. The van der Waals surface area contributed by atoms with E-state index in [-0.39, 0.29) is 0 Å². The van der Waals surface area contributed by atoms with Gasteiger partial charge in [-0.1, -0.05) is 5.16 Å². The fourth-order valence-electron chi connectivity index (χ4n) is 1.19. The van der Waals surface area contributed by atoms with E-state index in [1.165, 1.54) is 0 Å². The first-order chi connectivity index (χ1) is 7.78. The molecule has 0 aliphatic rings. The van der Waals surface area contributed by atoms with Gasteiger partial charge in [0.1, 0.15) is 11.6 Å². The number of rotatable bonds is 4. The summed E-state index contributed by atoms with van der Waals surface area (Å²) in [5.74, 6) is 2.62. The van der Waals surface area contributed by atoms with E-state index >= 15 is 0 Å². The van der Waals surface area contributed by atoms with Crippen molar-refractivity contribution in [1.29, 1.82) is 0 Å². The lowest BCUT2D eigenvalue weighted by molar-refractivity contribution is 0.388. The molecule has 1 N–H and O–H groups in total. The monoisotopic (exact) mass is 220 g/mol. The second kappa shape index (κ2) is 4.61. The molecule has 2 aromatic heterocycles. The second-order valence-electron chi connectivity index (χ2n) is 3.17. The van der Waals surface area contributed by atoms with Gasteiger partial charge < -0.3 is 14.6 Å². The zero-order valence-electron chi connectivity index (χ0n) is 9.10. The maximum Gasteiger partial charge on any atom is 0.223 e. The van der Waals surface area contributed by atoms with E-state index in [2.05, 4.69) is 20.4 Å². The summed E-state index contributed by atoms with van der Waals surface area (Å²) in [6, 6.07) is 3.66. The highest BCUT2D eigenvalue weighted by atomic mass is 16.5. The molecule has 6 nitrogen and oxygen atoms in total. The largest absolute Gasteiger partial charge is 0.495 e. The van der Waals surface area contributed by atoms with Crippen molar-refractivity contribution in [1.82, 2.24) is 15.1 Å². The van der Waals surface area contributed by atoms with Crippen LogP contribution in [-0.2, 0) is 6.54 Å². The van der Waals surface area contributed by atoms with Crippen molar-refractivity contribution in [2.75, 3.05) is 12.4 Å². The molecule has 0 aromatic carbocycles. The lowest BCUT2D eigenvalue weighted by Crippen LogP contribution is -2.02. The molecule has 6 heteroatoms. The lowest BCUT2D eigenvalue weighted by Gasteiger charge is -2.03. The van der Waals surface area contributed by atoms with E-state index < -0.39 is 0 Å². The van der Waals surface area contributed by atoms with Crippen LogP contribution < -0.4 is 10.1 Å². The quantitative estimate of drug-likeness (QED) is 0.839. The van der Waals surface area contributed by atoms with Crippen molar-refractivity contribution in [3.8, 4) is 5.75 Å². The summed E-state index contributed by atoms with van der Waals surface area (Å²) in [4.78, 5) is 8.22. The first-order valence-electron chi connectivity index (χ1n) is 4.81. The fourth-order valence-corrected chi connectivity index (χ4v) is 1.19. The van der Waals surface area contributed by atoms with E-state index in [1.54, 1.807) is 20.2 Å². The molecule has 2 aromatic rings. The molecule has 2 rings (SSSR count). The van der Waals surface area contributed by atoms with Gasteiger partial charge in [0.15, 0.2) is 5.82 Å². The van der Waals surface area contributed by atoms with Crippen molar-refractivity contribution in [2.24, 2.45) is 0 Å². The number of aromatic nitrogens is 3. The molecule has 0 saturated carbocycles. The number of hydrogen-bond acceptors (Lipinski definition) is 6. The number of methoxy groups -OCH3 is 1. The molecule has 0 radical (unpaired) electrons. The summed E-state index contributed by atoms with van der Waals surface area (Å²) in [5, 5.41) is 6.84. The van der Waals surface area contributed by atoms with Gasteiger partial charge in [0.2, 0.25) is 5.89 Å². The molecular weight excluding hydrogens is 208 g/mol. The van der Waals surface area contributed by atoms with Crippen molar-refractivity contribution in [3.05, 3.63) is 30.0 Å². The Bertz CT molecular complexity index is 452. The van der Waals surface area contributed by atoms with Gasteiger partial charge in [-0.15, -0.1) is 0 Å². The third kappa shape index (κ3) is 2.47. The van der Waals surface area contributed by atoms with E-state index in [0.717, 1.165) is 11.6 Å². The molecule has 0 saturated heterocycles. The number of pyridine rings is 1. The van der Waals surface area contributed by atoms with Crippen LogP contribution in [0.1, 0.15) is 11.7 Å². The molecule has 0 aliphatic carbocycles. The van der Waals surface area contributed by atoms with Gasteiger partial charge in [-0.05, 0) is 12.1 Å². The van der Waals surface area contributed by atoms with Gasteiger partial charge >= 0.3 is 0 Å². The SMILES string of the molecule is COc1ccc(NCc2noc(C)n2)nc1. The number of hydrogen-bond donors (Lipinski definition) is 1. The number of aryl methyl sites for hydroxylation is 1. The Balaban J connectivity index is 1.94. The Kier molecular flexibility index (Phi) is 3.00. The van der Waals surface area contributed by atoms with Crippen LogP contribution in [0.3, 0.4) is 0 Å². The minimum Gasteiger partial charge on any atom is -0.495 e. The standard InChI is InChI=1S/C10H12N4O2/c1-7-13-10(14-16-7)6-12-9-4-3-8(15-2)5-11-9/h3-5H,6H2,1-2H3,(H,11,12). The zero-order chi connectivity index (χ0) is 11.4. The Morgan fingerprint density at radius 2 is 2.31 bits per heavy atom. The Morgan fingerprint density at radius 1 is 1.44 bits per heavy atom. The van der Waals surface area contributed by atoms with Crippen LogP contribution >= 0.6 is 0 Å². The first kappa shape index (κ1) is 10.4. The smallest absolute Gasteiger partial charge is 0.223 e. The average Bonchev–Trinajstić information content (AvgIpc) is 2.73. The van der Waals surface area contributed by atoms with Gasteiger partial charge in [0, 0.05) is 6.92 Å². The van der Waals surface area contributed by atoms with Crippen LogP contribution in [0.15, 0.2) is 22.9 Å². The molecule has 0 unspecified atom stereocenters. The zero-order valence-corrected chi connectivity index (χ0v) is 9.10. The predicted octanol–water partition coefficient (Wildman–Crippen LogP) is 1.39. The maximum absolute atomic E-state index is 5.01. The molecule has 0 atom stereocenters. The van der Waals surface area contributed by atoms with Crippen LogP contribution in [0.5, 0.6) is 5.75 Å². The highest BCUT2D eigenvalue weighted by molar-refractivity contribution is 5.37. The van der Waals surface area contributed by atoms with Crippen molar-refractivity contribution in [3.63, 3.8) is 0 Å². The van der Waals surface area contributed by atoms with E-state index in [0.29, 0.717) is 18.3 Å². The van der Waals surface area contributed by atoms with Gasteiger partial charge in [-0.3, -0.25) is 0 Å². The highest BCUT2D eigenvalue weighted by Crippen LogP contribution is 2.11. The molecule has 0 fully saturated rings. The molecule has 16 heavy (non-hydrogen) atoms. The summed E-state index contributed by atoms with van der Waals surface area (Å²) >= 11 is 0. The third-order valence-corrected chi connectivity index (χ3v) is 1.97. The summed E-state index contributed by atoms with van der Waals surface area (Å²) in [7, 11) is 1.60. The number of anilines is 1. The molecule has 0 spiro atoms. The fraction of sp³-hybridized carbons (Fsp3) is 0.300. The number of nitrogens with zero attached hydrogens (tertiary/aromatic N) is 3. The van der Waals surface area contributed by atoms with Gasteiger partial charge in [0.25, 0.3) is 0 Å². The Morgan fingerprint density at radius 3 is 2.88 bits per heavy atom. The molecule has 0 aliphatic heterocycles. The molecule has 0 amide bonds. The summed E-state index contributed by atoms with van der Waals surface area (Å²) in [5.41, 5.74) is 0. The predicted molar refractivity (Wildman–Crippen MR) is 57.2 cm³/mol. The maximum atomic E-state index is 5.01. The van der Waals surface area contributed by atoms with Crippen molar-refractivity contribution < 1.29 is 9.26 Å². The summed E-state index contributed by atoms with van der Waals surface area (Å²) < 4.78 is 9.85. The van der Waals surface area contributed by atoms with Crippen LogP contribution in [0.2, 0.25) is 0 Å².